The molecule has 5 heterocycles. The van der Waals surface area contributed by atoms with Gasteiger partial charge in [-0.3, -0.25) is 42.5 Å². The minimum absolute atomic E-state index is 0.327. The quantitative estimate of drug-likeness (QED) is 0.127. The van der Waals surface area contributed by atoms with Crippen molar-refractivity contribution < 1.29 is 0 Å². The van der Waals surface area contributed by atoms with Crippen LogP contribution in [0.3, 0.4) is 0 Å². The molecular formula is C48H88N8. The van der Waals surface area contributed by atoms with Crippen LogP contribution in [0.1, 0.15) is 160 Å². The van der Waals surface area contributed by atoms with Gasteiger partial charge in [0.25, 0.3) is 0 Å². The summed E-state index contributed by atoms with van der Waals surface area (Å²) >= 11 is 0. The lowest BCUT2D eigenvalue weighted by atomic mass is 9.64. The van der Waals surface area contributed by atoms with E-state index in [1.54, 1.807) is 0 Å². The molecule has 0 aromatic heterocycles. The molecule has 8 heteroatoms. The largest absolute Gasteiger partial charge is 0.286 e. The molecule has 56 heavy (non-hydrogen) atoms. The Morgan fingerprint density at radius 1 is 0.232 bits per heavy atom. The van der Waals surface area contributed by atoms with Gasteiger partial charge in [0, 0.05) is 0 Å². The summed E-state index contributed by atoms with van der Waals surface area (Å²) in [5.41, 5.74) is 1.41. The second-order valence-corrected chi connectivity index (χ2v) is 26.0. The third-order valence-corrected chi connectivity index (χ3v) is 19.0. The lowest BCUT2D eigenvalue weighted by molar-refractivity contribution is 0.0695. The van der Waals surface area contributed by atoms with E-state index in [0.29, 0.717) is 118 Å². The fourth-order valence-electron chi connectivity index (χ4n) is 15.2. The van der Waals surface area contributed by atoms with E-state index in [4.69, 9.17) is 0 Å². The summed E-state index contributed by atoms with van der Waals surface area (Å²) in [4.78, 5) is 0. The minimum atomic E-state index is 0.327. The molecule has 5 saturated heterocycles. The summed E-state index contributed by atoms with van der Waals surface area (Å²) in [5, 5.41) is 35.2. The van der Waals surface area contributed by atoms with Crippen molar-refractivity contribution in [2.75, 3.05) is 0 Å². The molecule has 0 aromatic rings. The molecule has 320 valence electrons. The van der Waals surface area contributed by atoms with E-state index in [-0.39, 0.29) is 0 Å². The number of rotatable bonds is 0. The molecule has 0 radical (unpaired) electrons. The van der Waals surface area contributed by atoms with Crippen LogP contribution in [0.25, 0.3) is 0 Å². The fourth-order valence-corrected chi connectivity index (χ4v) is 15.2. The molecule has 4 saturated carbocycles. The zero-order valence-corrected chi connectivity index (χ0v) is 38.0. The summed E-state index contributed by atoms with van der Waals surface area (Å²) in [6.45, 7) is 30.0. The van der Waals surface area contributed by atoms with Crippen LogP contribution in [0.4, 0.5) is 0 Å². The van der Waals surface area contributed by atoms with Crippen LogP contribution in [0.15, 0.2) is 0 Å². The SMILES string of the molecule is CC(C)(C)C1CCC2C3NC4NC(NC5NC(NC6NC(NC(N3)C2C1)C1CCC(C(C)(C)C)CC61)C1CCC(C(C)(C)C)CC51)C1CC(C(C)(C)C)CCC41. The smallest absolute Gasteiger partial charge is 0.0628 e. The summed E-state index contributed by atoms with van der Waals surface area (Å²) in [6.07, 6.45) is 18.8. The third kappa shape index (κ3) is 7.64. The Bertz CT molecular complexity index is 1390. The molecule has 5 aliphatic heterocycles. The monoisotopic (exact) mass is 777 g/mol. The van der Waals surface area contributed by atoms with E-state index < -0.39 is 0 Å². The van der Waals surface area contributed by atoms with Gasteiger partial charge in [0.1, 0.15) is 0 Å². The van der Waals surface area contributed by atoms with Gasteiger partial charge >= 0.3 is 0 Å². The summed E-state index contributed by atoms with van der Waals surface area (Å²) < 4.78 is 0. The highest BCUT2D eigenvalue weighted by Gasteiger charge is 2.57. The molecule has 0 aromatic carbocycles. The second kappa shape index (κ2) is 14.7. The van der Waals surface area contributed by atoms with Gasteiger partial charge in [-0.2, -0.15) is 0 Å². The van der Waals surface area contributed by atoms with E-state index in [9.17, 15) is 0 Å². The minimum Gasteiger partial charge on any atom is -0.286 e. The highest BCUT2D eigenvalue weighted by molar-refractivity contribution is 5.10. The Balaban J connectivity index is 1.07. The van der Waals surface area contributed by atoms with E-state index in [0.717, 1.165) is 23.7 Å². The van der Waals surface area contributed by atoms with Gasteiger partial charge in [0.05, 0.1) is 49.3 Å². The molecule has 8 N–H and O–H groups in total. The van der Waals surface area contributed by atoms with Gasteiger partial charge in [-0.15, -0.1) is 0 Å². The summed E-state index contributed by atoms with van der Waals surface area (Å²) in [5.74, 6) is 8.35. The van der Waals surface area contributed by atoms with Gasteiger partial charge in [0.2, 0.25) is 0 Å². The van der Waals surface area contributed by atoms with Crippen LogP contribution in [0.2, 0.25) is 0 Å². The van der Waals surface area contributed by atoms with E-state index in [1.165, 1.54) is 77.0 Å². The lowest BCUT2D eigenvalue weighted by Gasteiger charge is -2.44. The highest BCUT2D eigenvalue weighted by atomic mass is 15.4. The predicted octanol–water partition coefficient (Wildman–Crippen LogP) is 7.69. The maximum Gasteiger partial charge on any atom is 0.0628 e. The average molecular weight is 777 g/mol. The molecule has 4 aliphatic carbocycles. The van der Waals surface area contributed by atoms with Crippen molar-refractivity contribution in [1.29, 1.82) is 0 Å². The highest BCUT2D eigenvalue weighted by Crippen LogP contribution is 2.53. The molecule has 20 atom stereocenters. The van der Waals surface area contributed by atoms with Crippen molar-refractivity contribution in [3.05, 3.63) is 0 Å². The van der Waals surface area contributed by atoms with Crippen LogP contribution < -0.4 is 42.5 Å². The average Bonchev–Trinajstić information content (AvgIpc) is 3.84. The van der Waals surface area contributed by atoms with E-state index in [2.05, 4.69) is 126 Å². The molecule has 8 nitrogen and oxygen atoms in total. The number of hydrogen-bond acceptors (Lipinski definition) is 8. The van der Waals surface area contributed by atoms with E-state index >= 15 is 0 Å². The van der Waals surface area contributed by atoms with Crippen LogP contribution >= 0.6 is 0 Å². The van der Waals surface area contributed by atoms with Crippen molar-refractivity contribution in [1.82, 2.24) is 42.5 Å². The Morgan fingerprint density at radius 2 is 0.393 bits per heavy atom. The molecule has 20 unspecified atom stereocenters. The Hall–Kier alpha value is -0.320. The van der Waals surface area contributed by atoms with E-state index in [1.807, 2.05) is 0 Å². The zero-order chi connectivity index (χ0) is 39.7. The topological polar surface area (TPSA) is 96.2 Å². The lowest BCUT2D eigenvalue weighted by Crippen LogP contribution is -2.61. The maximum absolute atomic E-state index is 4.45. The maximum atomic E-state index is 4.45. The standard InChI is InChI=1S/C48H88N8/c1-45(2,3)25-13-17-29-33(21-25)41-50-37(29)49-38-30-18-14-27(47(7,8)9)23-35(30)43(51-38)56-44-36-24-28(48(10,11)12)16-20-32(36)40(55-44)54-42-34-22-26(46(4,5)6)15-19-31(34)39(52-41)53-42/h25-44,49-56H,13-24H2,1-12H3. The number of fused-ring (bicyclic) bond motifs is 20. The first-order valence-electron chi connectivity index (χ1n) is 24.3. The normalized spacial score (nSPS) is 51.2. The first-order valence-corrected chi connectivity index (χ1v) is 24.3. The van der Waals surface area contributed by atoms with Crippen LogP contribution in [0, 0.1) is 92.7 Å². The summed E-state index contributed by atoms with van der Waals surface area (Å²) in [7, 11) is 0. The van der Waals surface area contributed by atoms with Gasteiger partial charge in [-0.25, -0.2) is 0 Å². The van der Waals surface area contributed by atoms with Crippen molar-refractivity contribution in [2.24, 2.45) is 92.7 Å². The zero-order valence-electron chi connectivity index (χ0n) is 38.0. The number of hydrogen-bond donors (Lipinski definition) is 8. The van der Waals surface area contributed by atoms with Gasteiger partial charge in [-0.1, -0.05) is 83.1 Å². The van der Waals surface area contributed by atoms with Crippen LogP contribution in [0.5, 0.6) is 0 Å². The van der Waals surface area contributed by atoms with Gasteiger partial charge in [-0.05, 0) is 170 Å². The molecule has 8 bridgehead atoms. The molecule has 0 amide bonds. The van der Waals surface area contributed by atoms with Crippen molar-refractivity contribution in [3.8, 4) is 0 Å². The predicted molar refractivity (Wildman–Crippen MR) is 230 cm³/mol. The Morgan fingerprint density at radius 3 is 0.554 bits per heavy atom. The van der Waals surface area contributed by atoms with Crippen molar-refractivity contribution in [3.63, 3.8) is 0 Å². The summed E-state index contributed by atoms with van der Waals surface area (Å²) in [6, 6.07) is 0. The molecule has 0 spiro atoms. The van der Waals surface area contributed by atoms with Gasteiger partial charge in [0.15, 0.2) is 0 Å². The van der Waals surface area contributed by atoms with Crippen LogP contribution in [-0.2, 0) is 0 Å². The molecule has 9 aliphatic rings. The van der Waals surface area contributed by atoms with Gasteiger partial charge < -0.3 is 0 Å². The first kappa shape index (κ1) is 41.1. The molecule has 9 fully saturated rings. The Labute approximate surface area is 343 Å². The Kier molecular flexibility index (Phi) is 10.7. The van der Waals surface area contributed by atoms with Crippen molar-refractivity contribution in [2.45, 2.75) is 209 Å². The third-order valence-electron chi connectivity index (χ3n) is 19.0. The second-order valence-electron chi connectivity index (χ2n) is 26.0. The molecular weight excluding hydrogens is 689 g/mol. The van der Waals surface area contributed by atoms with Crippen LogP contribution in [-0.4, -0.2) is 49.3 Å². The first-order chi connectivity index (χ1) is 26.2. The number of nitrogens with one attached hydrogen (secondary N) is 8. The molecule has 9 rings (SSSR count). The fraction of sp³-hybridized carbons (Fsp3) is 1.00. The van der Waals surface area contributed by atoms with Crippen molar-refractivity contribution >= 4 is 0 Å².